The monoisotopic (exact) mass is 520 g/mol. The molecule has 1 aliphatic heterocycles. The molecular weight excluding hydrogens is 492 g/mol. The van der Waals surface area contributed by atoms with Gasteiger partial charge in [-0.15, -0.1) is 0 Å². The second-order valence-corrected chi connectivity index (χ2v) is 10.1. The average Bonchev–Trinajstić information content (AvgIpc) is 3.70. The number of benzene rings is 1. The number of carbonyl (C=O) groups excluding carboxylic acids is 1. The standard InChI is InChI=1S/C29H28N8O2/c1-18-12-24(39-22-7-3-2-4-8-22)32-15-23(18)26-25-27(31)33-17-34-28(25)37(35-26)21-6-5-11-36(16-21)29(38)20(14-30)13-19-9-10-19/h2-4,7-8,12-13,15,17,19,21H,5-6,9-11,16H2,1H3,(H2,31,33,34)/t21-/m1/s1. The Hall–Kier alpha value is -4.78. The van der Waals surface area contributed by atoms with E-state index in [1.54, 1.807) is 11.1 Å². The van der Waals surface area contributed by atoms with Gasteiger partial charge in [0.25, 0.3) is 5.91 Å². The van der Waals surface area contributed by atoms with E-state index >= 15 is 0 Å². The molecule has 1 atom stereocenters. The lowest BCUT2D eigenvalue weighted by molar-refractivity contribution is -0.128. The number of rotatable bonds is 6. The van der Waals surface area contributed by atoms with Gasteiger partial charge in [-0.3, -0.25) is 4.79 Å². The molecule has 0 unspecified atom stereocenters. The molecule has 10 heteroatoms. The molecule has 3 aromatic heterocycles. The molecule has 0 radical (unpaired) electrons. The Morgan fingerprint density at radius 1 is 1.18 bits per heavy atom. The number of anilines is 1. The zero-order valence-electron chi connectivity index (χ0n) is 21.6. The van der Waals surface area contributed by atoms with Crippen LogP contribution in [-0.4, -0.2) is 48.6 Å². The van der Waals surface area contributed by atoms with Crippen molar-refractivity contribution in [3.63, 3.8) is 0 Å². The van der Waals surface area contributed by atoms with Crippen molar-refractivity contribution in [3.8, 4) is 29.0 Å². The van der Waals surface area contributed by atoms with Crippen molar-refractivity contribution in [2.24, 2.45) is 5.92 Å². The highest BCUT2D eigenvalue weighted by Crippen LogP contribution is 2.36. The van der Waals surface area contributed by atoms with Gasteiger partial charge in [-0.05, 0) is 56.2 Å². The van der Waals surface area contributed by atoms with Crippen LogP contribution in [0.4, 0.5) is 5.82 Å². The van der Waals surface area contributed by atoms with E-state index < -0.39 is 0 Å². The summed E-state index contributed by atoms with van der Waals surface area (Å²) in [7, 11) is 0. The number of nitriles is 1. The van der Waals surface area contributed by atoms with Crippen LogP contribution in [0.3, 0.4) is 0 Å². The number of para-hydroxylation sites is 1. The van der Waals surface area contributed by atoms with Crippen molar-refractivity contribution in [1.29, 1.82) is 5.26 Å². The normalized spacial score (nSPS) is 17.7. The number of ether oxygens (including phenoxy) is 1. The minimum atomic E-state index is -0.214. The quantitative estimate of drug-likeness (QED) is 0.288. The number of carbonyl (C=O) groups is 1. The van der Waals surface area contributed by atoms with E-state index in [0.717, 1.165) is 36.8 Å². The van der Waals surface area contributed by atoms with Crippen LogP contribution in [0.15, 0.2) is 60.6 Å². The van der Waals surface area contributed by atoms with Crippen LogP contribution in [0.1, 0.15) is 37.3 Å². The van der Waals surface area contributed by atoms with Crippen LogP contribution >= 0.6 is 0 Å². The number of aromatic nitrogens is 5. The zero-order chi connectivity index (χ0) is 26.9. The third-order valence-electron chi connectivity index (χ3n) is 7.23. The fraction of sp³-hybridized carbons (Fsp3) is 0.310. The van der Waals surface area contributed by atoms with Gasteiger partial charge in [0.05, 0.1) is 11.4 Å². The number of fused-ring (bicyclic) bond motifs is 1. The van der Waals surface area contributed by atoms with Crippen LogP contribution in [0.2, 0.25) is 0 Å². The number of nitrogens with zero attached hydrogens (tertiary/aromatic N) is 7. The van der Waals surface area contributed by atoms with Crippen molar-refractivity contribution < 1.29 is 9.53 Å². The van der Waals surface area contributed by atoms with Gasteiger partial charge in [-0.2, -0.15) is 10.4 Å². The number of amides is 1. The van der Waals surface area contributed by atoms with E-state index in [0.29, 0.717) is 53.2 Å². The fourth-order valence-corrected chi connectivity index (χ4v) is 5.05. The molecule has 4 aromatic rings. The summed E-state index contributed by atoms with van der Waals surface area (Å²) in [5.41, 5.74) is 9.53. The number of hydrogen-bond donors (Lipinski definition) is 1. The molecule has 2 fully saturated rings. The van der Waals surface area contributed by atoms with Crippen molar-refractivity contribution >= 4 is 22.8 Å². The second-order valence-electron chi connectivity index (χ2n) is 10.1. The molecule has 1 saturated heterocycles. The van der Waals surface area contributed by atoms with E-state index in [1.165, 1.54) is 6.33 Å². The van der Waals surface area contributed by atoms with Gasteiger partial charge in [-0.25, -0.2) is 19.6 Å². The average molecular weight is 521 g/mol. The largest absolute Gasteiger partial charge is 0.439 e. The highest BCUT2D eigenvalue weighted by atomic mass is 16.5. The van der Waals surface area contributed by atoms with E-state index in [4.69, 9.17) is 15.6 Å². The van der Waals surface area contributed by atoms with Crippen molar-refractivity contribution in [2.75, 3.05) is 18.8 Å². The molecule has 1 aromatic carbocycles. The molecule has 1 aliphatic carbocycles. The van der Waals surface area contributed by atoms with Crippen LogP contribution in [0, 0.1) is 24.2 Å². The fourth-order valence-electron chi connectivity index (χ4n) is 5.05. The van der Waals surface area contributed by atoms with Gasteiger partial charge >= 0.3 is 0 Å². The minimum absolute atomic E-state index is 0.122. The summed E-state index contributed by atoms with van der Waals surface area (Å²) in [6.45, 7) is 3.01. The highest BCUT2D eigenvalue weighted by Gasteiger charge is 2.31. The lowest BCUT2D eigenvalue weighted by atomic mass is 10.0. The number of nitrogens with two attached hydrogens (primary N) is 1. The molecular formula is C29H28N8O2. The summed E-state index contributed by atoms with van der Waals surface area (Å²) in [6.07, 6.45) is 8.67. The molecule has 1 saturated carbocycles. The number of aryl methyl sites for hydroxylation is 1. The van der Waals surface area contributed by atoms with Crippen LogP contribution in [0.5, 0.6) is 11.6 Å². The Morgan fingerprint density at radius 3 is 2.74 bits per heavy atom. The minimum Gasteiger partial charge on any atom is -0.439 e. The molecule has 4 heterocycles. The van der Waals surface area contributed by atoms with Crippen molar-refractivity contribution in [2.45, 2.75) is 38.6 Å². The Kier molecular flexibility index (Phi) is 6.40. The molecule has 6 rings (SSSR count). The second kappa shape index (κ2) is 10.2. The lowest BCUT2D eigenvalue weighted by Crippen LogP contribution is -2.41. The van der Waals surface area contributed by atoms with Gasteiger partial charge < -0.3 is 15.4 Å². The number of likely N-dealkylation sites (tertiary alicyclic amines) is 1. The van der Waals surface area contributed by atoms with E-state index in [2.05, 4.69) is 21.0 Å². The lowest BCUT2D eigenvalue weighted by Gasteiger charge is -2.32. The first-order valence-electron chi connectivity index (χ1n) is 13.1. The maximum Gasteiger partial charge on any atom is 0.264 e. The summed E-state index contributed by atoms with van der Waals surface area (Å²) in [5.74, 6) is 1.64. The Morgan fingerprint density at radius 2 is 2.00 bits per heavy atom. The third-order valence-corrected chi connectivity index (χ3v) is 7.23. The molecule has 2 N–H and O–H groups in total. The molecule has 0 spiro atoms. The number of hydrogen-bond acceptors (Lipinski definition) is 8. The third kappa shape index (κ3) is 4.91. The predicted octanol–water partition coefficient (Wildman–Crippen LogP) is 4.59. The smallest absolute Gasteiger partial charge is 0.264 e. The van der Waals surface area contributed by atoms with E-state index in [1.807, 2.05) is 54.1 Å². The number of allylic oxidation sites excluding steroid dienone is 1. The Labute approximate surface area is 225 Å². The van der Waals surface area contributed by atoms with Gasteiger partial charge in [0, 0.05) is 30.9 Å². The SMILES string of the molecule is Cc1cc(Oc2ccccc2)ncc1-c1nn([C@@H]2CCCN(C(=O)C(C#N)=CC3CC3)C2)c2ncnc(N)c12. The molecule has 1 amide bonds. The maximum absolute atomic E-state index is 13.2. The first kappa shape index (κ1) is 24.6. The molecule has 39 heavy (non-hydrogen) atoms. The summed E-state index contributed by atoms with van der Waals surface area (Å²) in [6, 6.07) is 13.3. The van der Waals surface area contributed by atoms with Crippen molar-refractivity contribution in [3.05, 3.63) is 66.1 Å². The van der Waals surface area contributed by atoms with Gasteiger partial charge in [0.2, 0.25) is 5.88 Å². The van der Waals surface area contributed by atoms with Gasteiger partial charge in [0.15, 0.2) is 5.65 Å². The van der Waals surface area contributed by atoms with E-state index in [9.17, 15) is 10.1 Å². The number of pyridine rings is 1. The Balaban J connectivity index is 1.33. The summed E-state index contributed by atoms with van der Waals surface area (Å²) >= 11 is 0. The molecule has 10 nitrogen and oxygen atoms in total. The Bertz CT molecular complexity index is 1620. The first-order chi connectivity index (χ1) is 19.0. The highest BCUT2D eigenvalue weighted by molar-refractivity contribution is 5.99. The predicted molar refractivity (Wildman–Crippen MR) is 145 cm³/mol. The van der Waals surface area contributed by atoms with Gasteiger partial charge in [-0.1, -0.05) is 24.3 Å². The maximum atomic E-state index is 13.2. The number of nitrogen functional groups attached to an aromatic ring is 1. The zero-order valence-corrected chi connectivity index (χ0v) is 21.6. The summed E-state index contributed by atoms with van der Waals surface area (Å²) in [4.78, 5) is 28.2. The topological polar surface area (TPSA) is 136 Å². The first-order valence-corrected chi connectivity index (χ1v) is 13.1. The van der Waals surface area contributed by atoms with Gasteiger partial charge in [0.1, 0.15) is 35.2 Å². The molecule has 0 bridgehead atoms. The molecule has 196 valence electrons. The summed E-state index contributed by atoms with van der Waals surface area (Å²) < 4.78 is 7.75. The van der Waals surface area contributed by atoms with Crippen LogP contribution in [-0.2, 0) is 4.79 Å². The van der Waals surface area contributed by atoms with Crippen molar-refractivity contribution in [1.82, 2.24) is 29.6 Å². The van der Waals surface area contributed by atoms with E-state index in [-0.39, 0.29) is 17.5 Å². The van der Waals surface area contributed by atoms with Crippen LogP contribution in [0.25, 0.3) is 22.3 Å². The summed E-state index contributed by atoms with van der Waals surface area (Å²) in [5, 5.41) is 15.2. The number of piperidine rings is 1. The molecule has 2 aliphatic rings. The van der Waals surface area contributed by atoms with Crippen LogP contribution < -0.4 is 10.5 Å².